The highest BCUT2D eigenvalue weighted by Gasteiger charge is 2.22. The fourth-order valence-electron chi connectivity index (χ4n) is 2.86. The number of hydrogen-bond acceptors (Lipinski definition) is 4. The summed E-state index contributed by atoms with van der Waals surface area (Å²) in [5.74, 6) is 0.149. The van der Waals surface area contributed by atoms with Crippen LogP contribution in [0.5, 0.6) is 0 Å². The normalized spacial score (nSPS) is 15.5. The molecular formula is C17H26N4O2. The predicted octanol–water partition coefficient (Wildman–Crippen LogP) is 2.23. The van der Waals surface area contributed by atoms with Gasteiger partial charge in [0.2, 0.25) is 17.8 Å². The van der Waals surface area contributed by atoms with Crippen molar-refractivity contribution in [2.75, 3.05) is 5.32 Å². The minimum atomic E-state index is -0.560. The molecular weight excluding hydrogens is 292 g/mol. The fourth-order valence-corrected chi connectivity index (χ4v) is 2.86. The van der Waals surface area contributed by atoms with E-state index in [4.69, 9.17) is 0 Å². The average molecular weight is 318 g/mol. The standard InChI is InChI=1S/C17H26N4O2/c1-11(2)9-15(19-12(3)22)16(23)21-17-18-10-13-7-5-4-6-8-14(13)20-17/h10-11,15H,4-9H2,1-3H3,(H,19,22)(H,18,20,21,23)/t15-/m0/s1. The van der Waals surface area contributed by atoms with Crippen molar-refractivity contribution in [2.24, 2.45) is 5.92 Å². The van der Waals surface area contributed by atoms with Crippen LogP contribution < -0.4 is 10.6 Å². The van der Waals surface area contributed by atoms with E-state index in [1.807, 2.05) is 20.0 Å². The zero-order valence-electron chi connectivity index (χ0n) is 14.2. The number of carbonyl (C=O) groups excluding carboxylic acids is 2. The van der Waals surface area contributed by atoms with Gasteiger partial charge in [-0.25, -0.2) is 9.97 Å². The first-order chi connectivity index (χ1) is 11.0. The van der Waals surface area contributed by atoms with Crippen molar-refractivity contribution in [1.29, 1.82) is 0 Å². The lowest BCUT2D eigenvalue weighted by Gasteiger charge is -2.19. The lowest BCUT2D eigenvalue weighted by atomic mass is 10.0. The van der Waals surface area contributed by atoms with Crippen molar-refractivity contribution in [3.8, 4) is 0 Å². The Balaban J connectivity index is 2.08. The molecule has 0 saturated heterocycles. The van der Waals surface area contributed by atoms with E-state index in [-0.39, 0.29) is 11.8 Å². The van der Waals surface area contributed by atoms with Crippen molar-refractivity contribution >= 4 is 17.8 Å². The van der Waals surface area contributed by atoms with Crippen LogP contribution in [0.2, 0.25) is 0 Å². The minimum Gasteiger partial charge on any atom is -0.345 e. The van der Waals surface area contributed by atoms with Gasteiger partial charge in [0.1, 0.15) is 6.04 Å². The van der Waals surface area contributed by atoms with Crippen LogP contribution in [0, 0.1) is 5.92 Å². The Kier molecular flexibility index (Phi) is 6.07. The molecule has 0 aromatic carbocycles. The second kappa shape index (κ2) is 8.04. The predicted molar refractivity (Wildman–Crippen MR) is 89.0 cm³/mol. The Morgan fingerprint density at radius 2 is 1.96 bits per heavy atom. The van der Waals surface area contributed by atoms with E-state index in [2.05, 4.69) is 20.6 Å². The molecule has 126 valence electrons. The summed E-state index contributed by atoms with van der Waals surface area (Å²) in [7, 11) is 0. The summed E-state index contributed by atoms with van der Waals surface area (Å²) in [5, 5.41) is 5.44. The van der Waals surface area contributed by atoms with E-state index >= 15 is 0 Å². The quantitative estimate of drug-likeness (QED) is 0.816. The summed E-state index contributed by atoms with van der Waals surface area (Å²) in [6.45, 7) is 5.45. The van der Waals surface area contributed by atoms with Gasteiger partial charge in [-0.2, -0.15) is 0 Å². The van der Waals surface area contributed by atoms with Gasteiger partial charge >= 0.3 is 0 Å². The van der Waals surface area contributed by atoms with Crippen LogP contribution in [0.25, 0.3) is 0 Å². The first-order valence-corrected chi connectivity index (χ1v) is 8.38. The molecule has 0 bridgehead atoms. The van der Waals surface area contributed by atoms with Gasteiger partial charge in [-0.05, 0) is 43.6 Å². The van der Waals surface area contributed by atoms with Crippen LogP contribution in [0.3, 0.4) is 0 Å². The van der Waals surface area contributed by atoms with Gasteiger partial charge < -0.3 is 5.32 Å². The molecule has 2 rings (SSSR count). The molecule has 2 amide bonds. The third kappa shape index (κ3) is 5.30. The number of anilines is 1. The molecule has 0 unspecified atom stereocenters. The van der Waals surface area contributed by atoms with Gasteiger partial charge in [-0.3, -0.25) is 14.9 Å². The fraction of sp³-hybridized carbons (Fsp3) is 0.647. The summed E-state index contributed by atoms with van der Waals surface area (Å²) < 4.78 is 0. The highest BCUT2D eigenvalue weighted by molar-refractivity contribution is 5.95. The maximum Gasteiger partial charge on any atom is 0.249 e. The lowest BCUT2D eigenvalue weighted by Crippen LogP contribution is -2.44. The van der Waals surface area contributed by atoms with Crippen molar-refractivity contribution < 1.29 is 9.59 Å². The summed E-state index contributed by atoms with van der Waals surface area (Å²) in [5.41, 5.74) is 2.22. The van der Waals surface area contributed by atoms with E-state index in [9.17, 15) is 9.59 Å². The van der Waals surface area contributed by atoms with E-state index < -0.39 is 6.04 Å². The number of fused-ring (bicyclic) bond motifs is 1. The van der Waals surface area contributed by atoms with Crippen molar-refractivity contribution in [2.45, 2.75) is 65.3 Å². The monoisotopic (exact) mass is 318 g/mol. The minimum absolute atomic E-state index is 0.214. The summed E-state index contributed by atoms with van der Waals surface area (Å²) in [6.07, 6.45) is 7.83. The molecule has 2 N–H and O–H groups in total. The molecule has 0 aliphatic heterocycles. The Hall–Kier alpha value is -1.98. The molecule has 1 aliphatic carbocycles. The van der Waals surface area contributed by atoms with Crippen LogP contribution >= 0.6 is 0 Å². The van der Waals surface area contributed by atoms with Gasteiger partial charge in [-0.1, -0.05) is 20.3 Å². The summed E-state index contributed by atoms with van der Waals surface area (Å²) >= 11 is 0. The van der Waals surface area contributed by atoms with Crippen molar-refractivity contribution in [3.05, 3.63) is 17.5 Å². The lowest BCUT2D eigenvalue weighted by molar-refractivity contribution is -0.125. The van der Waals surface area contributed by atoms with Crippen LogP contribution in [-0.2, 0) is 22.4 Å². The number of aryl methyl sites for hydroxylation is 2. The zero-order valence-corrected chi connectivity index (χ0v) is 14.2. The molecule has 1 aromatic rings. The smallest absolute Gasteiger partial charge is 0.249 e. The first kappa shape index (κ1) is 17.4. The topological polar surface area (TPSA) is 84.0 Å². The Bertz CT molecular complexity index is 572. The van der Waals surface area contributed by atoms with Crippen LogP contribution in [0.1, 0.15) is 57.7 Å². The molecule has 0 fully saturated rings. The second-order valence-electron chi connectivity index (χ2n) is 6.60. The maximum atomic E-state index is 12.4. The summed E-state index contributed by atoms with van der Waals surface area (Å²) in [6, 6.07) is -0.560. The number of aromatic nitrogens is 2. The number of carbonyl (C=O) groups is 2. The molecule has 1 atom stereocenters. The molecule has 0 spiro atoms. The Labute approximate surface area is 137 Å². The molecule has 6 heteroatoms. The highest BCUT2D eigenvalue weighted by atomic mass is 16.2. The van der Waals surface area contributed by atoms with Crippen LogP contribution in [0.15, 0.2) is 6.20 Å². The third-order valence-corrected chi connectivity index (χ3v) is 3.95. The third-order valence-electron chi connectivity index (χ3n) is 3.95. The number of nitrogens with zero attached hydrogens (tertiary/aromatic N) is 2. The molecule has 23 heavy (non-hydrogen) atoms. The van der Waals surface area contributed by atoms with Crippen LogP contribution in [-0.4, -0.2) is 27.8 Å². The van der Waals surface area contributed by atoms with Gasteiger partial charge in [0.05, 0.1) is 0 Å². The molecule has 1 heterocycles. The summed E-state index contributed by atoms with van der Waals surface area (Å²) in [4.78, 5) is 32.5. The average Bonchev–Trinajstić information content (AvgIpc) is 2.70. The first-order valence-electron chi connectivity index (χ1n) is 8.38. The Morgan fingerprint density at radius 3 is 2.65 bits per heavy atom. The number of hydrogen-bond donors (Lipinski definition) is 2. The van der Waals surface area contributed by atoms with Gasteiger partial charge in [0, 0.05) is 18.8 Å². The van der Waals surface area contributed by atoms with E-state index in [1.54, 1.807) is 0 Å². The van der Waals surface area contributed by atoms with E-state index in [0.717, 1.165) is 25.0 Å². The Morgan fingerprint density at radius 1 is 1.22 bits per heavy atom. The second-order valence-corrected chi connectivity index (χ2v) is 6.60. The molecule has 0 saturated carbocycles. The zero-order chi connectivity index (χ0) is 16.8. The number of amides is 2. The SMILES string of the molecule is CC(=O)N[C@@H](CC(C)C)C(=O)Nc1ncc2c(n1)CCCCC2. The highest BCUT2D eigenvalue weighted by Crippen LogP contribution is 2.19. The van der Waals surface area contributed by atoms with Crippen molar-refractivity contribution in [3.63, 3.8) is 0 Å². The number of rotatable bonds is 5. The van der Waals surface area contributed by atoms with Crippen molar-refractivity contribution in [1.82, 2.24) is 15.3 Å². The van der Waals surface area contributed by atoms with E-state index in [1.165, 1.54) is 25.3 Å². The molecule has 6 nitrogen and oxygen atoms in total. The van der Waals surface area contributed by atoms with Gasteiger partial charge in [0.25, 0.3) is 0 Å². The van der Waals surface area contributed by atoms with Crippen LogP contribution in [0.4, 0.5) is 5.95 Å². The molecule has 1 aromatic heterocycles. The largest absolute Gasteiger partial charge is 0.345 e. The van der Waals surface area contributed by atoms with Gasteiger partial charge in [0.15, 0.2) is 0 Å². The molecule has 1 aliphatic rings. The maximum absolute atomic E-state index is 12.4. The van der Waals surface area contributed by atoms with E-state index in [0.29, 0.717) is 18.3 Å². The molecule has 0 radical (unpaired) electrons. The van der Waals surface area contributed by atoms with Gasteiger partial charge in [-0.15, -0.1) is 0 Å². The number of nitrogens with one attached hydrogen (secondary N) is 2.